The molecule has 0 atom stereocenters. The van der Waals surface area contributed by atoms with Crippen molar-refractivity contribution in [3.8, 4) is 5.69 Å². The summed E-state index contributed by atoms with van der Waals surface area (Å²) in [5.74, 6) is -0.777. The quantitative estimate of drug-likeness (QED) is 0.430. The van der Waals surface area contributed by atoms with Gasteiger partial charge < -0.3 is 0 Å². The SMILES string of the molecule is O=C(Cn1c(=O)n(-c2ccc(Cl)cc2)c(=O)c2c3c(sc21)CCC3)c1ccc(F)cc1. The van der Waals surface area contributed by atoms with E-state index in [1.54, 1.807) is 24.3 Å². The van der Waals surface area contributed by atoms with Crippen molar-refractivity contribution in [3.63, 3.8) is 0 Å². The topological polar surface area (TPSA) is 61.1 Å². The van der Waals surface area contributed by atoms with E-state index >= 15 is 0 Å². The number of Topliss-reactive ketones (excluding diaryl/α,β-unsaturated/α-hetero) is 1. The van der Waals surface area contributed by atoms with E-state index in [4.69, 9.17) is 11.6 Å². The third-order valence-electron chi connectivity index (χ3n) is 5.54. The van der Waals surface area contributed by atoms with Gasteiger partial charge in [0.25, 0.3) is 5.56 Å². The van der Waals surface area contributed by atoms with Crippen LogP contribution in [0.4, 0.5) is 4.39 Å². The van der Waals surface area contributed by atoms with Crippen molar-refractivity contribution in [2.75, 3.05) is 0 Å². The van der Waals surface area contributed by atoms with E-state index in [0.29, 0.717) is 26.5 Å². The summed E-state index contributed by atoms with van der Waals surface area (Å²) in [7, 11) is 0. The van der Waals surface area contributed by atoms with Crippen molar-refractivity contribution in [3.05, 3.63) is 96.2 Å². The van der Waals surface area contributed by atoms with Gasteiger partial charge in [-0.2, -0.15) is 0 Å². The van der Waals surface area contributed by atoms with Crippen molar-refractivity contribution >= 4 is 38.9 Å². The monoisotopic (exact) mass is 454 g/mol. The lowest BCUT2D eigenvalue weighted by molar-refractivity contribution is 0.0971. The molecule has 1 aliphatic carbocycles. The first-order chi connectivity index (χ1) is 14.9. The molecule has 2 heterocycles. The Bertz CT molecular complexity index is 1450. The van der Waals surface area contributed by atoms with Crippen LogP contribution in [0.1, 0.15) is 27.2 Å². The first-order valence-electron chi connectivity index (χ1n) is 9.79. The van der Waals surface area contributed by atoms with E-state index in [-0.39, 0.29) is 17.9 Å². The Kier molecular flexibility index (Phi) is 4.87. The van der Waals surface area contributed by atoms with Gasteiger partial charge in [0, 0.05) is 15.5 Å². The van der Waals surface area contributed by atoms with Gasteiger partial charge >= 0.3 is 5.69 Å². The second kappa shape index (κ2) is 7.59. The van der Waals surface area contributed by atoms with Crippen LogP contribution >= 0.6 is 22.9 Å². The number of fused-ring (bicyclic) bond motifs is 3. The van der Waals surface area contributed by atoms with Gasteiger partial charge in [-0.05, 0) is 73.4 Å². The van der Waals surface area contributed by atoms with Crippen molar-refractivity contribution in [1.29, 1.82) is 0 Å². The van der Waals surface area contributed by atoms with E-state index in [1.165, 1.54) is 40.2 Å². The summed E-state index contributed by atoms with van der Waals surface area (Å²) in [6, 6.07) is 11.6. The zero-order valence-electron chi connectivity index (χ0n) is 16.2. The molecular weight excluding hydrogens is 439 g/mol. The number of rotatable bonds is 4. The average Bonchev–Trinajstić information content (AvgIpc) is 3.34. The molecule has 0 saturated carbocycles. The van der Waals surface area contributed by atoms with Crippen molar-refractivity contribution in [1.82, 2.24) is 9.13 Å². The number of thiophene rings is 1. The van der Waals surface area contributed by atoms with Crippen LogP contribution in [0, 0.1) is 5.82 Å². The summed E-state index contributed by atoms with van der Waals surface area (Å²) in [5.41, 5.74) is 0.690. The molecule has 8 heteroatoms. The van der Waals surface area contributed by atoms with E-state index in [1.807, 2.05) is 0 Å². The molecule has 5 rings (SSSR count). The van der Waals surface area contributed by atoms with Crippen LogP contribution < -0.4 is 11.2 Å². The number of ketones is 1. The highest BCUT2D eigenvalue weighted by molar-refractivity contribution is 7.19. The molecule has 0 bridgehead atoms. The molecule has 5 nitrogen and oxygen atoms in total. The Morgan fingerprint density at radius 1 is 1.03 bits per heavy atom. The fourth-order valence-electron chi connectivity index (χ4n) is 4.03. The Morgan fingerprint density at radius 2 is 1.74 bits per heavy atom. The van der Waals surface area contributed by atoms with E-state index in [0.717, 1.165) is 34.3 Å². The lowest BCUT2D eigenvalue weighted by Gasteiger charge is -2.12. The molecule has 0 amide bonds. The van der Waals surface area contributed by atoms with Gasteiger partial charge in [-0.3, -0.25) is 14.2 Å². The molecule has 1 aliphatic rings. The minimum Gasteiger partial charge on any atom is -0.292 e. The van der Waals surface area contributed by atoms with Crippen molar-refractivity contribution in [2.45, 2.75) is 25.8 Å². The summed E-state index contributed by atoms with van der Waals surface area (Å²) in [6.45, 7) is -0.242. The Balaban J connectivity index is 1.74. The number of carbonyl (C=O) groups excluding carboxylic acids is 1. The summed E-state index contributed by atoms with van der Waals surface area (Å²) in [5, 5.41) is 0.986. The van der Waals surface area contributed by atoms with Gasteiger partial charge in [0.1, 0.15) is 10.6 Å². The third kappa shape index (κ3) is 3.34. The summed E-state index contributed by atoms with van der Waals surface area (Å²) in [4.78, 5) is 41.3. The Hall–Kier alpha value is -3.03. The zero-order chi connectivity index (χ0) is 21.7. The summed E-state index contributed by atoms with van der Waals surface area (Å²) in [6.07, 6.45) is 2.59. The molecule has 0 N–H and O–H groups in total. The van der Waals surface area contributed by atoms with Crippen LogP contribution in [0.25, 0.3) is 15.9 Å². The molecule has 2 aromatic carbocycles. The highest BCUT2D eigenvalue weighted by Crippen LogP contribution is 2.35. The predicted octanol–water partition coefficient (Wildman–Crippen LogP) is 4.38. The summed E-state index contributed by atoms with van der Waals surface area (Å²) >= 11 is 7.38. The molecule has 2 aromatic heterocycles. The highest BCUT2D eigenvalue weighted by atomic mass is 35.5. The summed E-state index contributed by atoms with van der Waals surface area (Å²) < 4.78 is 15.7. The second-order valence-corrected chi connectivity index (χ2v) is 8.97. The minimum absolute atomic E-state index is 0.242. The molecule has 0 fully saturated rings. The molecular formula is C23H16ClFN2O3S. The number of aromatic nitrogens is 2. The smallest absolute Gasteiger partial charge is 0.292 e. The number of hydrogen-bond donors (Lipinski definition) is 0. The van der Waals surface area contributed by atoms with Gasteiger partial charge in [-0.25, -0.2) is 13.8 Å². The predicted molar refractivity (Wildman–Crippen MR) is 119 cm³/mol. The largest absolute Gasteiger partial charge is 0.337 e. The fourth-order valence-corrected chi connectivity index (χ4v) is 5.53. The van der Waals surface area contributed by atoms with Crippen LogP contribution in [0.3, 0.4) is 0 Å². The third-order valence-corrected chi connectivity index (χ3v) is 7.11. The fraction of sp³-hybridized carbons (Fsp3) is 0.174. The molecule has 0 unspecified atom stereocenters. The standard InChI is InChI=1S/C23H16ClFN2O3S/c24-14-6-10-16(11-7-14)27-21(29)20-17-2-1-3-19(17)31-22(20)26(23(27)30)12-18(28)13-4-8-15(25)9-5-13/h4-11H,1-3,12H2. The molecule has 0 spiro atoms. The first-order valence-corrected chi connectivity index (χ1v) is 11.0. The van der Waals surface area contributed by atoms with Gasteiger partial charge in [-0.15, -0.1) is 11.3 Å². The maximum atomic E-state index is 13.4. The maximum Gasteiger partial charge on any atom is 0.337 e. The molecule has 0 aliphatic heterocycles. The van der Waals surface area contributed by atoms with Gasteiger partial charge in [0.05, 0.1) is 17.6 Å². The van der Waals surface area contributed by atoms with Crippen LogP contribution in [0.15, 0.2) is 58.1 Å². The normalized spacial score (nSPS) is 13.0. The van der Waals surface area contributed by atoms with Crippen LogP contribution in [0.2, 0.25) is 5.02 Å². The maximum absolute atomic E-state index is 13.4. The molecule has 0 saturated heterocycles. The number of halogens is 2. The Labute approximate surface area is 184 Å². The first kappa shape index (κ1) is 19.9. The number of carbonyl (C=O) groups is 1. The van der Waals surface area contributed by atoms with Gasteiger partial charge in [-0.1, -0.05) is 11.6 Å². The van der Waals surface area contributed by atoms with Crippen molar-refractivity contribution in [2.24, 2.45) is 0 Å². The van der Waals surface area contributed by atoms with Gasteiger partial charge in [0.15, 0.2) is 5.78 Å². The number of aryl methyl sites for hydroxylation is 2. The second-order valence-electron chi connectivity index (χ2n) is 7.45. The molecule has 31 heavy (non-hydrogen) atoms. The average molecular weight is 455 g/mol. The van der Waals surface area contributed by atoms with E-state index in [9.17, 15) is 18.8 Å². The van der Waals surface area contributed by atoms with Crippen molar-refractivity contribution < 1.29 is 9.18 Å². The van der Waals surface area contributed by atoms with Crippen LogP contribution in [0.5, 0.6) is 0 Å². The Morgan fingerprint density at radius 3 is 2.45 bits per heavy atom. The zero-order valence-corrected chi connectivity index (χ0v) is 17.8. The van der Waals surface area contributed by atoms with E-state index in [2.05, 4.69) is 0 Å². The number of hydrogen-bond acceptors (Lipinski definition) is 4. The van der Waals surface area contributed by atoms with Crippen LogP contribution in [-0.4, -0.2) is 14.9 Å². The molecule has 0 radical (unpaired) electrons. The van der Waals surface area contributed by atoms with E-state index < -0.39 is 11.5 Å². The number of benzene rings is 2. The lowest BCUT2D eigenvalue weighted by atomic mass is 10.1. The van der Waals surface area contributed by atoms with Gasteiger partial charge in [0.2, 0.25) is 0 Å². The molecule has 156 valence electrons. The molecule has 4 aromatic rings. The lowest BCUT2D eigenvalue weighted by Crippen LogP contribution is -2.39. The minimum atomic E-state index is -0.588. The van der Waals surface area contributed by atoms with Crippen LogP contribution in [-0.2, 0) is 19.4 Å². The highest BCUT2D eigenvalue weighted by Gasteiger charge is 2.26. The number of nitrogens with zero attached hydrogens (tertiary/aromatic N) is 2.